The van der Waals surface area contributed by atoms with Gasteiger partial charge in [0.15, 0.2) is 11.6 Å². The molecular weight excluding hydrogens is 198 g/mol. The van der Waals surface area contributed by atoms with Gasteiger partial charge in [-0.2, -0.15) is 4.39 Å². The van der Waals surface area contributed by atoms with Crippen LogP contribution in [0.1, 0.15) is 31.4 Å². The summed E-state index contributed by atoms with van der Waals surface area (Å²) >= 11 is 0. The van der Waals surface area contributed by atoms with Crippen LogP contribution < -0.4 is 4.74 Å². The van der Waals surface area contributed by atoms with Crippen LogP contribution in [0, 0.1) is 11.6 Å². The Kier molecular flexibility index (Phi) is 2.63. The lowest BCUT2D eigenvalue weighted by molar-refractivity contribution is 0.180. The maximum Gasteiger partial charge on any atom is 0.201 e. The van der Waals surface area contributed by atoms with Crippen LogP contribution in [0.2, 0.25) is 0 Å². The zero-order valence-corrected chi connectivity index (χ0v) is 8.94. The van der Waals surface area contributed by atoms with Gasteiger partial charge in [-0.05, 0) is 43.4 Å². The Morgan fingerprint density at radius 1 is 1.40 bits per heavy atom. The van der Waals surface area contributed by atoms with Gasteiger partial charge in [0.05, 0.1) is 6.10 Å². The Balaban J connectivity index is 2.53. The van der Waals surface area contributed by atoms with E-state index in [1.165, 1.54) is 0 Å². The third kappa shape index (κ3) is 1.71. The van der Waals surface area contributed by atoms with Gasteiger partial charge in [-0.25, -0.2) is 4.39 Å². The van der Waals surface area contributed by atoms with Crippen molar-refractivity contribution in [3.05, 3.63) is 28.8 Å². The molecule has 0 saturated carbocycles. The fourth-order valence-electron chi connectivity index (χ4n) is 1.91. The molecule has 3 heteroatoms. The smallest absolute Gasteiger partial charge is 0.201 e. The molecule has 0 aliphatic carbocycles. The average Bonchev–Trinajstić information content (AvgIpc) is 2.24. The van der Waals surface area contributed by atoms with Crippen molar-refractivity contribution >= 4 is 0 Å². The van der Waals surface area contributed by atoms with Crippen molar-refractivity contribution in [1.82, 2.24) is 0 Å². The molecule has 0 amide bonds. The topological polar surface area (TPSA) is 9.23 Å². The van der Waals surface area contributed by atoms with Crippen LogP contribution in [0.4, 0.5) is 8.78 Å². The molecule has 0 aromatic heterocycles. The summed E-state index contributed by atoms with van der Waals surface area (Å²) in [6.45, 7) is 3.69. The first-order valence-electron chi connectivity index (χ1n) is 5.29. The molecule has 0 radical (unpaired) electrons. The highest BCUT2D eigenvalue weighted by Gasteiger charge is 2.24. The van der Waals surface area contributed by atoms with Gasteiger partial charge in [-0.1, -0.05) is 6.92 Å². The minimum atomic E-state index is -0.823. The second kappa shape index (κ2) is 3.80. The Bertz CT molecular complexity index is 388. The Labute approximate surface area is 88.1 Å². The van der Waals surface area contributed by atoms with Gasteiger partial charge >= 0.3 is 0 Å². The number of benzene rings is 1. The number of ether oxygens (including phenoxy) is 1. The van der Waals surface area contributed by atoms with Crippen molar-refractivity contribution in [3.63, 3.8) is 0 Å². The second-order valence-electron chi connectivity index (χ2n) is 3.97. The highest BCUT2D eigenvalue weighted by Crippen LogP contribution is 2.33. The van der Waals surface area contributed by atoms with Crippen molar-refractivity contribution in [1.29, 1.82) is 0 Å². The summed E-state index contributed by atoms with van der Waals surface area (Å²) in [7, 11) is 0. The van der Waals surface area contributed by atoms with Gasteiger partial charge in [-0.3, -0.25) is 0 Å². The van der Waals surface area contributed by atoms with E-state index in [1.54, 1.807) is 6.07 Å². The van der Waals surface area contributed by atoms with Gasteiger partial charge in [-0.15, -0.1) is 0 Å². The molecule has 1 nitrogen and oxygen atoms in total. The van der Waals surface area contributed by atoms with Crippen molar-refractivity contribution < 1.29 is 13.5 Å². The molecule has 1 aromatic rings. The van der Waals surface area contributed by atoms with E-state index in [9.17, 15) is 8.78 Å². The molecule has 82 valence electrons. The van der Waals surface area contributed by atoms with Crippen molar-refractivity contribution in [2.24, 2.45) is 0 Å². The van der Waals surface area contributed by atoms with Gasteiger partial charge < -0.3 is 4.74 Å². The van der Waals surface area contributed by atoms with E-state index >= 15 is 0 Å². The Morgan fingerprint density at radius 2 is 2.13 bits per heavy atom. The molecule has 1 aliphatic heterocycles. The molecule has 2 rings (SSSR count). The highest BCUT2D eigenvalue weighted by atomic mass is 19.2. The minimum Gasteiger partial charge on any atom is -0.487 e. The first-order chi connectivity index (χ1) is 7.13. The third-order valence-electron chi connectivity index (χ3n) is 2.83. The van der Waals surface area contributed by atoms with E-state index in [1.807, 2.05) is 13.8 Å². The SMILES string of the molecule is CCc1cc2c(c(F)c1F)OC(C)CC2. The number of rotatable bonds is 1. The fourth-order valence-corrected chi connectivity index (χ4v) is 1.91. The van der Waals surface area contributed by atoms with Crippen LogP contribution in [0.5, 0.6) is 5.75 Å². The highest BCUT2D eigenvalue weighted by molar-refractivity contribution is 5.41. The number of fused-ring (bicyclic) bond motifs is 1. The summed E-state index contributed by atoms with van der Waals surface area (Å²) in [4.78, 5) is 0. The second-order valence-corrected chi connectivity index (χ2v) is 3.97. The maximum absolute atomic E-state index is 13.6. The molecule has 0 N–H and O–H groups in total. The molecule has 15 heavy (non-hydrogen) atoms. The predicted molar refractivity (Wildman–Crippen MR) is 54.1 cm³/mol. The Morgan fingerprint density at radius 3 is 2.80 bits per heavy atom. The van der Waals surface area contributed by atoms with Gasteiger partial charge in [0.1, 0.15) is 0 Å². The van der Waals surface area contributed by atoms with Gasteiger partial charge in [0.25, 0.3) is 0 Å². The fraction of sp³-hybridized carbons (Fsp3) is 0.500. The summed E-state index contributed by atoms with van der Waals surface area (Å²) in [6.07, 6.45) is 2.10. The van der Waals surface area contributed by atoms with Crippen molar-refractivity contribution in [2.45, 2.75) is 39.2 Å². The normalized spacial score (nSPS) is 19.6. The average molecular weight is 212 g/mol. The van der Waals surface area contributed by atoms with Crippen LogP contribution >= 0.6 is 0 Å². The third-order valence-corrected chi connectivity index (χ3v) is 2.83. The molecule has 1 aliphatic rings. The zero-order valence-electron chi connectivity index (χ0n) is 8.94. The molecule has 0 spiro atoms. The predicted octanol–water partition coefficient (Wildman–Crippen LogP) is 3.24. The molecule has 0 saturated heterocycles. The zero-order chi connectivity index (χ0) is 11.0. The molecule has 1 unspecified atom stereocenters. The summed E-state index contributed by atoms with van der Waals surface area (Å²) < 4.78 is 32.4. The standard InChI is InChI=1S/C12H14F2O/c1-3-8-6-9-5-4-7(2)15-12(9)11(14)10(8)13/h6-7H,3-5H2,1-2H3. The Hall–Kier alpha value is -1.12. The summed E-state index contributed by atoms with van der Waals surface area (Å²) in [5, 5.41) is 0. The largest absolute Gasteiger partial charge is 0.487 e. The molecule has 0 bridgehead atoms. The molecule has 1 aromatic carbocycles. The van der Waals surface area contributed by atoms with E-state index in [0.29, 0.717) is 12.0 Å². The van der Waals surface area contributed by atoms with E-state index in [-0.39, 0.29) is 11.9 Å². The maximum atomic E-state index is 13.6. The lowest BCUT2D eigenvalue weighted by Gasteiger charge is -2.24. The first kappa shape index (κ1) is 10.4. The van der Waals surface area contributed by atoms with Crippen LogP contribution in [-0.4, -0.2) is 6.10 Å². The lowest BCUT2D eigenvalue weighted by Crippen LogP contribution is -2.20. The van der Waals surface area contributed by atoms with Crippen molar-refractivity contribution in [3.8, 4) is 5.75 Å². The monoisotopic (exact) mass is 212 g/mol. The number of hydrogen-bond acceptors (Lipinski definition) is 1. The summed E-state index contributed by atoms with van der Waals surface area (Å²) in [5.41, 5.74) is 1.23. The molecule has 1 atom stereocenters. The first-order valence-corrected chi connectivity index (χ1v) is 5.29. The van der Waals surface area contributed by atoms with E-state index < -0.39 is 11.6 Å². The van der Waals surface area contributed by atoms with Crippen molar-refractivity contribution in [2.75, 3.05) is 0 Å². The minimum absolute atomic E-state index is 0.0288. The van der Waals surface area contributed by atoms with E-state index in [0.717, 1.165) is 18.4 Å². The van der Waals surface area contributed by atoms with E-state index in [2.05, 4.69) is 0 Å². The van der Waals surface area contributed by atoms with E-state index in [4.69, 9.17) is 4.74 Å². The number of aryl methyl sites for hydroxylation is 2. The van der Waals surface area contributed by atoms with Crippen LogP contribution in [-0.2, 0) is 12.8 Å². The summed E-state index contributed by atoms with van der Waals surface area (Å²) in [6, 6.07) is 1.72. The van der Waals surface area contributed by atoms with Crippen LogP contribution in [0.25, 0.3) is 0 Å². The van der Waals surface area contributed by atoms with Crippen LogP contribution in [0.15, 0.2) is 6.07 Å². The number of hydrogen-bond donors (Lipinski definition) is 0. The molecule has 1 heterocycles. The quantitative estimate of drug-likeness (QED) is 0.694. The molecular formula is C12H14F2O. The van der Waals surface area contributed by atoms with Crippen LogP contribution in [0.3, 0.4) is 0 Å². The van der Waals surface area contributed by atoms with Gasteiger partial charge in [0, 0.05) is 0 Å². The molecule has 0 fully saturated rings. The number of halogens is 2. The van der Waals surface area contributed by atoms with Gasteiger partial charge in [0.2, 0.25) is 5.82 Å². The lowest BCUT2D eigenvalue weighted by atomic mass is 9.99. The summed E-state index contributed by atoms with van der Waals surface area (Å²) in [5.74, 6) is -1.47.